The Balaban J connectivity index is 1.44. The number of ether oxygens (including phenoxy) is 1. The molecule has 1 aromatic heterocycles. The number of likely N-dealkylation sites (tertiary alicyclic amines) is 1. The molecule has 0 aliphatic carbocycles. The fourth-order valence-corrected chi connectivity index (χ4v) is 4.12. The summed E-state index contributed by atoms with van der Waals surface area (Å²) in [6.07, 6.45) is 2.18. The van der Waals surface area contributed by atoms with Gasteiger partial charge in [-0.25, -0.2) is 4.39 Å². The van der Waals surface area contributed by atoms with E-state index in [4.69, 9.17) is 4.74 Å². The largest absolute Gasteiger partial charge is 0.379 e. The summed E-state index contributed by atoms with van der Waals surface area (Å²) < 4.78 is 18.7. The fourth-order valence-electron chi connectivity index (χ4n) is 4.12. The third kappa shape index (κ3) is 3.28. The van der Waals surface area contributed by atoms with Crippen LogP contribution >= 0.6 is 0 Å². The number of benzene rings is 1. The van der Waals surface area contributed by atoms with Crippen LogP contribution in [0, 0.1) is 11.7 Å². The zero-order valence-corrected chi connectivity index (χ0v) is 14.5. The SMILES string of the molecule is C[C@H]1CN(C(=O)Cc2c[nH]c3cc(F)ccc23)C[C@@H]1N1CCOCC1. The molecule has 2 fully saturated rings. The summed E-state index contributed by atoms with van der Waals surface area (Å²) in [4.78, 5) is 20.3. The van der Waals surface area contributed by atoms with Crippen molar-refractivity contribution in [2.75, 3.05) is 39.4 Å². The van der Waals surface area contributed by atoms with Crippen LogP contribution in [0.5, 0.6) is 0 Å². The van der Waals surface area contributed by atoms with Crippen molar-refractivity contribution >= 4 is 16.8 Å². The molecular weight excluding hydrogens is 321 g/mol. The Labute approximate surface area is 146 Å². The van der Waals surface area contributed by atoms with E-state index in [0.29, 0.717) is 18.4 Å². The molecule has 4 rings (SSSR count). The van der Waals surface area contributed by atoms with Gasteiger partial charge in [-0.15, -0.1) is 0 Å². The highest BCUT2D eigenvalue weighted by Crippen LogP contribution is 2.25. The lowest BCUT2D eigenvalue weighted by molar-refractivity contribution is -0.129. The molecule has 1 N–H and O–H groups in total. The minimum absolute atomic E-state index is 0.146. The van der Waals surface area contributed by atoms with E-state index >= 15 is 0 Å². The number of hydrogen-bond acceptors (Lipinski definition) is 3. The Kier molecular flexibility index (Phi) is 4.48. The minimum Gasteiger partial charge on any atom is -0.379 e. The van der Waals surface area contributed by atoms with Crippen LogP contribution in [0.4, 0.5) is 4.39 Å². The number of rotatable bonds is 3. The van der Waals surface area contributed by atoms with Gasteiger partial charge in [-0.3, -0.25) is 9.69 Å². The molecule has 0 radical (unpaired) electrons. The van der Waals surface area contributed by atoms with Crippen LogP contribution in [0.1, 0.15) is 12.5 Å². The van der Waals surface area contributed by atoms with Crippen LogP contribution in [0.15, 0.2) is 24.4 Å². The number of halogens is 1. The predicted octanol–water partition coefficient (Wildman–Crippen LogP) is 2.03. The van der Waals surface area contributed by atoms with Gasteiger partial charge in [0, 0.05) is 49.3 Å². The Morgan fingerprint density at radius 3 is 2.92 bits per heavy atom. The first-order chi connectivity index (χ1) is 12.1. The molecule has 3 heterocycles. The summed E-state index contributed by atoms with van der Waals surface area (Å²) in [5, 5.41) is 0.923. The first-order valence-corrected chi connectivity index (χ1v) is 8.97. The lowest BCUT2D eigenvalue weighted by Crippen LogP contribution is -2.47. The molecule has 2 atom stereocenters. The van der Waals surface area contributed by atoms with Gasteiger partial charge in [0.2, 0.25) is 5.91 Å². The molecule has 0 spiro atoms. The lowest BCUT2D eigenvalue weighted by Gasteiger charge is -2.34. The van der Waals surface area contributed by atoms with Crippen LogP contribution in [0.3, 0.4) is 0 Å². The van der Waals surface area contributed by atoms with E-state index < -0.39 is 0 Å². The van der Waals surface area contributed by atoms with Gasteiger partial charge < -0.3 is 14.6 Å². The quantitative estimate of drug-likeness (QED) is 0.926. The molecule has 25 heavy (non-hydrogen) atoms. The molecule has 0 bridgehead atoms. The summed E-state index contributed by atoms with van der Waals surface area (Å²) in [6, 6.07) is 5.07. The summed E-state index contributed by atoms with van der Waals surface area (Å²) in [7, 11) is 0. The van der Waals surface area contributed by atoms with Crippen molar-refractivity contribution in [2.24, 2.45) is 5.92 Å². The zero-order chi connectivity index (χ0) is 17.4. The van der Waals surface area contributed by atoms with Crippen LogP contribution in [0.2, 0.25) is 0 Å². The number of aromatic amines is 1. The van der Waals surface area contributed by atoms with Crippen molar-refractivity contribution in [2.45, 2.75) is 19.4 Å². The number of hydrogen-bond donors (Lipinski definition) is 1. The van der Waals surface area contributed by atoms with Crippen molar-refractivity contribution in [1.29, 1.82) is 0 Å². The standard InChI is InChI=1S/C19H24FN3O2/c1-13-11-23(12-18(13)22-4-6-25-7-5-22)19(24)8-14-10-21-17-9-15(20)2-3-16(14)17/h2-3,9-10,13,18,21H,4-8,11-12H2,1H3/t13-,18-/m0/s1. The molecule has 2 aromatic rings. The maximum Gasteiger partial charge on any atom is 0.227 e. The molecular formula is C19H24FN3O2. The molecule has 1 amide bonds. The molecule has 0 saturated carbocycles. The third-order valence-electron chi connectivity index (χ3n) is 5.51. The number of carbonyl (C=O) groups excluding carboxylic acids is 1. The summed E-state index contributed by atoms with van der Waals surface area (Å²) in [5.41, 5.74) is 1.67. The number of morpholine rings is 1. The van der Waals surface area contributed by atoms with E-state index in [9.17, 15) is 9.18 Å². The average Bonchev–Trinajstić information content (AvgIpc) is 3.19. The van der Waals surface area contributed by atoms with Gasteiger partial charge in [0.15, 0.2) is 0 Å². The third-order valence-corrected chi connectivity index (χ3v) is 5.51. The van der Waals surface area contributed by atoms with Gasteiger partial charge in [0.05, 0.1) is 19.6 Å². The number of nitrogens with one attached hydrogen (secondary N) is 1. The predicted molar refractivity (Wildman–Crippen MR) is 93.9 cm³/mol. The molecule has 0 unspecified atom stereocenters. The van der Waals surface area contributed by atoms with Crippen molar-refractivity contribution < 1.29 is 13.9 Å². The van der Waals surface area contributed by atoms with Crippen molar-refractivity contribution in [3.63, 3.8) is 0 Å². The Morgan fingerprint density at radius 1 is 1.32 bits per heavy atom. The highest BCUT2D eigenvalue weighted by atomic mass is 19.1. The Morgan fingerprint density at radius 2 is 2.12 bits per heavy atom. The van der Waals surface area contributed by atoms with E-state index in [1.165, 1.54) is 12.1 Å². The smallest absolute Gasteiger partial charge is 0.227 e. The number of H-pyrrole nitrogens is 1. The second kappa shape index (κ2) is 6.77. The van der Waals surface area contributed by atoms with Crippen LogP contribution < -0.4 is 0 Å². The van der Waals surface area contributed by atoms with E-state index in [-0.39, 0.29) is 11.7 Å². The molecule has 2 saturated heterocycles. The summed E-state index contributed by atoms with van der Waals surface area (Å²) in [6.45, 7) is 7.28. The normalized spacial score (nSPS) is 25.0. The zero-order valence-electron chi connectivity index (χ0n) is 14.5. The fraction of sp³-hybridized carbons (Fsp3) is 0.526. The highest BCUT2D eigenvalue weighted by Gasteiger charge is 2.36. The van der Waals surface area contributed by atoms with Gasteiger partial charge >= 0.3 is 0 Å². The van der Waals surface area contributed by atoms with Crippen LogP contribution in [0.25, 0.3) is 10.9 Å². The molecule has 2 aliphatic rings. The second-order valence-corrected chi connectivity index (χ2v) is 7.17. The molecule has 2 aliphatic heterocycles. The summed E-state index contributed by atoms with van der Waals surface area (Å²) >= 11 is 0. The average molecular weight is 345 g/mol. The molecule has 5 nitrogen and oxygen atoms in total. The maximum absolute atomic E-state index is 13.3. The molecule has 1 aromatic carbocycles. The lowest BCUT2D eigenvalue weighted by atomic mass is 10.0. The van der Waals surface area contributed by atoms with Crippen LogP contribution in [-0.2, 0) is 16.0 Å². The Hall–Kier alpha value is -1.92. The monoisotopic (exact) mass is 345 g/mol. The topological polar surface area (TPSA) is 48.6 Å². The highest BCUT2D eigenvalue weighted by molar-refractivity contribution is 5.89. The Bertz CT molecular complexity index is 769. The molecule has 6 heteroatoms. The number of fused-ring (bicyclic) bond motifs is 1. The first kappa shape index (κ1) is 16.5. The molecule has 134 valence electrons. The summed E-state index contributed by atoms with van der Waals surface area (Å²) in [5.74, 6) is 0.348. The van der Waals surface area contributed by atoms with E-state index in [2.05, 4.69) is 16.8 Å². The second-order valence-electron chi connectivity index (χ2n) is 7.17. The van der Waals surface area contributed by atoms with E-state index in [1.54, 1.807) is 6.07 Å². The van der Waals surface area contributed by atoms with Gasteiger partial charge in [-0.2, -0.15) is 0 Å². The van der Waals surface area contributed by atoms with Crippen molar-refractivity contribution in [3.05, 3.63) is 35.8 Å². The van der Waals surface area contributed by atoms with E-state index in [0.717, 1.165) is 55.9 Å². The van der Waals surface area contributed by atoms with Gasteiger partial charge in [-0.1, -0.05) is 6.92 Å². The first-order valence-electron chi connectivity index (χ1n) is 8.97. The van der Waals surface area contributed by atoms with E-state index in [1.807, 2.05) is 11.1 Å². The number of carbonyl (C=O) groups is 1. The van der Waals surface area contributed by atoms with Crippen molar-refractivity contribution in [3.8, 4) is 0 Å². The number of amides is 1. The van der Waals surface area contributed by atoms with Gasteiger partial charge in [0.25, 0.3) is 0 Å². The van der Waals surface area contributed by atoms with Gasteiger partial charge in [0.1, 0.15) is 5.82 Å². The number of nitrogens with zero attached hydrogens (tertiary/aromatic N) is 2. The number of aromatic nitrogens is 1. The van der Waals surface area contributed by atoms with Crippen LogP contribution in [-0.4, -0.2) is 66.1 Å². The maximum atomic E-state index is 13.3. The minimum atomic E-state index is -0.269. The van der Waals surface area contributed by atoms with Crippen molar-refractivity contribution in [1.82, 2.24) is 14.8 Å². The van der Waals surface area contributed by atoms with Gasteiger partial charge in [-0.05, 0) is 29.7 Å².